The second kappa shape index (κ2) is 9.23. The van der Waals surface area contributed by atoms with Crippen molar-refractivity contribution >= 4 is 5.96 Å². The van der Waals surface area contributed by atoms with E-state index in [0.29, 0.717) is 38.8 Å². The summed E-state index contributed by atoms with van der Waals surface area (Å²) in [6.07, 6.45) is -4.33. The molecule has 0 aromatic heterocycles. The molecule has 1 saturated heterocycles. The number of nitrogens with two attached hydrogens (primary N) is 1. The zero-order chi connectivity index (χ0) is 19.2. The molecule has 1 aliphatic heterocycles. The Bertz CT molecular complexity index is 579. The Balaban J connectivity index is 2.22. The van der Waals surface area contributed by atoms with Gasteiger partial charge in [-0.1, -0.05) is 12.1 Å². The molecule has 0 bridgehead atoms. The van der Waals surface area contributed by atoms with Crippen molar-refractivity contribution in [3.8, 4) is 0 Å². The highest BCUT2D eigenvalue weighted by molar-refractivity contribution is 5.78. The van der Waals surface area contributed by atoms with Crippen LogP contribution in [0.5, 0.6) is 0 Å². The minimum absolute atomic E-state index is 0.129. The van der Waals surface area contributed by atoms with Gasteiger partial charge in [-0.2, -0.15) is 13.2 Å². The maximum absolute atomic E-state index is 12.8. The summed E-state index contributed by atoms with van der Waals surface area (Å²) < 4.78 is 43.9. The highest BCUT2D eigenvalue weighted by atomic mass is 19.4. The maximum atomic E-state index is 12.8. The number of ether oxygens (including phenoxy) is 1. The van der Waals surface area contributed by atoms with Crippen LogP contribution in [0.1, 0.15) is 31.0 Å². The quantitative estimate of drug-likeness (QED) is 0.616. The van der Waals surface area contributed by atoms with Gasteiger partial charge in [0, 0.05) is 26.2 Å². The molecule has 1 aromatic rings. The first-order chi connectivity index (χ1) is 12.4. The molecule has 0 spiro atoms. The summed E-state index contributed by atoms with van der Waals surface area (Å²) in [6.45, 7) is 8.55. The molecule has 5 nitrogen and oxygen atoms in total. The van der Waals surface area contributed by atoms with Gasteiger partial charge in [-0.15, -0.1) is 0 Å². The lowest BCUT2D eigenvalue weighted by Crippen LogP contribution is -2.41. The normalized spacial score (nSPS) is 18.0. The van der Waals surface area contributed by atoms with Gasteiger partial charge < -0.3 is 15.4 Å². The Labute approximate surface area is 152 Å². The molecule has 1 atom stereocenters. The average Bonchev–Trinajstić information content (AvgIpc) is 2.63. The van der Waals surface area contributed by atoms with Crippen LogP contribution in [0.15, 0.2) is 29.3 Å². The minimum Gasteiger partial charge on any atom is -0.379 e. The summed E-state index contributed by atoms with van der Waals surface area (Å²) in [5, 5.41) is 0. The van der Waals surface area contributed by atoms with Crippen LogP contribution >= 0.6 is 0 Å². The first kappa shape index (κ1) is 20.5. The highest BCUT2D eigenvalue weighted by Crippen LogP contribution is 2.31. The molecule has 1 aliphatic rings. The van der Waals surface area contributed by atoms with Crippen LogP contribution in [-0.2, 0) is 10.9 Å². The van der Waals surface area contributed by atoms with E-state index in [0.717, 1.165) is 30.8 Å². The average molecular weight is 372 g/mol. The van der Waals surface area contributed by atoms with Crippen molar-refractivity contribution in [2.45, 2.75) is 26.1 Å². The van der Waals surface area contributed by atoms with E-state index in [1.165, 1.54) is 12.1 Å². The Morgan fingerprint density at radius 1 is 1.19 bits per heavy atom. The van der Waals surface area contributed by atoms with E-state index in [-0.39, 0.29) is 6.04 Å². The van der Waals surface area contributed by atoms with E-state index in [1.807, 2.05) is 18.7 Å². The van der Waals surface area contributed by atoms with Crippen LogP contribution < -0.4 is 5.73 Å². The van der Waals surface area contributed by atoms with Crippen molar-refractivity contribution in [2.75, 3.05) is 45.9 Å². The number of alkyl halides is 3. The van der Waals surface area contributed by atoms with E-state index in [1.54, 1.807) is 0 Å². The number of morpholine rings is 1. The van der Waals surface area contributed by atoms with Crippen molar-refractivity contribution in [2.24, 2.45) is 10.7 Å². The first-order valence-electron chi connectivity index (χ1n) is 8.90. The van der Waals surface area contributed by atoms with Crippen molar-refractivity contribution in [1.29, 1.82) is 0 Å². The molecule has 0 saturated carbocycles. The van der Waals surface area contributed by atoms with Crippen LogP contribution in [-0.4, -0.2) is 61.7 Å². The van der Waals surface area contributed by atoms with E-state index < -0.39 is 11.7 Å². The predicted molar refractivity (Wildman–Crippen MR) is 96.0 cm³/mol. The van der Waals surface area contributed by atoms with Crippen molar-refractivity contribution in [1.82, 2.24) is 9.80 Å². The fraction of sp³-hybridized carbons (Fsp3) is 0.611. The standard InChI is InChI=1S/C18H27F3N4O/c1-3-24(4-2)17(22)23-13-16(25-9-11-26-12-10-25)14-5-7-15(8-6-14)18(19,20)21/h5-8,16H,3-4,9-13H2,1-2H3,(H2,22,23). The molecule has 0 radical (unpaired) electrons. The molecule has 1 unspecified atom stereocenters. The van der Waals surface area contributed by atoms with Gasteiger partial charge in [-0.25, -0.2) is 0 Å². The van der Waals surface area contributed by atoms with E-state index >= 15 is 0 Å². The number of benzene rings is 1. The lowest BCUT2D eigenvalue weighted by atomic mass is 10.0. The lowest BCUT2D eigenvalue weighted by Gasteiger charge is -2.34. The fourth-order valence-electron chi connectivity index (χ4n) is 3.04. The number of guanidine groups is 1. The zero-order valence-corrected chi connectivity index (χ0v) is 15.3. The molecule has 0 amide bonds. The largest absolute Gasteiger partial charge is 0.416 e. The Kier molecular flexibility index (Phi) is 7.28. The molecule has 2 N–H and O–H groups in total. The highest BCUT2D eigenvalue weighted by Gasteiger charge is 2.31. The summed E-state index contributed by atoms with van der Waals surface area (Å²) in [4.78, 5) is 8.64. The number of nitrogens with zero attached hydrogens (tertiary/aromatic N) is 3. The topological polar surface area (TPSA) is 54.1 Å². The molecule has 146 valence electrons. The Morgan fingerprint density at radius 3 is 2.27 bits per heavy atom. The Hall–Kier alpha value is -1.80. The number of aliphatic imine (C=N–C) groups is 1. The van der Waals surface area contributed by atoms with Crippen molar-refractivity contribution in [3.05, 3.63) is 35.4 Å². The van der Waals surface area contributed by atoms with Gasteiger partial charge in [0.1, 0.15) is 0 Å². The first-order valence-corrected chi connectivity index (χ1v) is 8.90. The Morgan fingerprint density at radius 2 is 1.77 bits per heavy atom. The smallest absolute Gasteiger partial charge is 0.379 e. The van der Waals surface area contributed by atoms with E-state index in [9.17, 15) is 13.2 Å². The van der Waals surface area contributed by atoms with Gasteiger partial charge in [0.05, 0.1) is 31.4 Å². The summed E-state index contributed by atoms with van der Waals surface area (Å²) in [6, 6.07) is 5.19. The molecule has 8 heteroatoms. The molecular weight excluding hydrogens is 345 g/mol. The monoisotopic (exact) mass is 372 g/mol. The van der Waals surface area contributed by atoms with Gasteiger partial charge in [0.25, 0.3) is 0 Å². The number of hydrogen-bond donors (Lipinski definition) is 1. The van der Waals surface area contributed by atoms with E-state index in [2.05, 4.69) is 9.89 Å². The fourth-order valence-corrected chi connectivity index (χ4v) is 3.04. The second-order valence-electron chi connectivity index (χ2n) is 6.16. The van der Waals surface area contributed by atoms with Crippen molar-refractivity contribution in [3.63, 3.8) is 0 Å². The molecule has 26 heavy (non-hydrogen) atoms. The van der Waals surface area contributed by atoms with Crippen LogP contribution in [0.4, 0.5) is 13.2 Å². The third-order valence-corrected chi connectivity index (χ3v) is 4.62. The van der Waals surface area contributed by atoms with Gasteiger partial charge >= 0.3 is 6.18 Å². The summed E-state index contributed by atoms with van der Waals surface area (Å²) in [5.41, 5.74) is 6.22. The molecule has 1 aromatic carbocycles. The van der Waals surface area contributed by atoms with Crippen LogP contribution in [0.25, 0.3) is 0 Å². The van der Waals surface area contributed by atoms with E-state index in [4.69, 9.17) is 10.5 Å². The van der Waals surface area contributed by atoms with Crippen LogP contribution in [0.3, 0.4) is 0 Å². The summed E-state index contributed by atoms with van der Waals surface area (Å²) in [5.74, 6) is 0.458. The lowest BCUT2D eigenvalue weighted by molar-refractivity contribution is -0.137. The molecular formula is C18H27F3N4O. The predicted octanol–water partition coefficient (Wildman–Crippen LogP) is 2.74. The number of halogens is 3. The van der Waals surface area contributed by atoms with Crippen LogP contribution in [0, 0.1) is 0 Å². The third kappa shape index (κ3) is 5.35. The summed E-state index contributed by atoms with van der Waals surface area (Å²) in [7, 11) is 0. The van der Waals surface area contributed by atoms with Gasteiger partial charge in [-0.05, 0) is 31.5 Å². The van der Waals surface area contributed by atoms with Gasteiger partial charge in [0.2, 0.25) is 0 Å². The number of rotatable bonds is 6. The van der Waals surface area contributed by atoms with Crippen LogP contribution in [0.2, 0.25) is 0 Å². The second-order valence-corrected chi connectivity index (χ2v) is 6.16. The minimum atomic E-state index is -4.33. The zero-order valence-electron chi connectivity index (χ0n) is 15.3. The summed E-state index contributed by atoms with van der Waals surface area (Å²) >= 11 is 0. The SMILES string of the molecule is CCN(CC)C(N)=NCC(c1ccc(C(F)(F)F)cc1)N1CCOCC1. The molecule has 0 aliphatic carbocycles. The van der Waals surface area contributed by atoms with Gasteiger partial charge in [-0.3, -0.25) is 9.89 Å². The van der Waals surface area contributed by atoms with Gasteiger partial charge in [0.15, 0.2) is 5.96 Å². The molecule has 1 fully saturated rings. The molecule has 2 rings (SSSR count). The molecule has 1 heterocycles. The number of hydrogen-bond acceptors (Lipinski definition) is 3. The van der Waals surface area contributed by atoms with Crippen molar-refractivity contribution < 1.29 is 17.9 Å². The third-order valence-electron chi connectivity index (χ3n) is 4.62. The maximum Gasteiger partial charge on any atom is 0.416 e.